The number of hydrogen-bond acceptors (Lipinski definition) is 1. The molecule has 1 aromatic heterocycles. The lowest BCUT2D eigenvalue weighted by Gasteiger charge is -2.16. The Bertz CT molecular complexity index is 558. The molecule has 0 saturated carbocycles. The third-order valence-corrected chi connectivity index (χ3v) is 4.09. The van der Waals surface area contributed by atoms with Crippen molar-refractivity contribution in [3.05, 3.63) is 58.4 Å². The van der Waals surface area contributed by atoms with Crippen LogP contribution in [-0.2, 0) is 13.0 Å². The monoisotopic (exact) mass is 270 g/mol. The summed E-state index contributed by atoms with van der Waals surface area (Å²) in [5.74, 6) is 0. The van der Waals surface area contributed by atoms with E-state index < -0.39 is 0 Å². The highest BCUT2D eigenvalue weighted by Gasteiger charge is 2.09. The smallest absolute Gasteiger partial charge is 0.0478 e. The van der Waals surface area contributed by atoms with Gasteiger partial charge in [-0.1, -0.05) is 24.6 Å². The Hall–Kier alpha value is -1.54. The molecule has 0 aliphatic heterocycles. The predicted octanol–water partition coefficient (Wildman–Crippen LogP) is 3.74. The maximum Gasteiger partial charge on any atom is 0.0478 e. The molecular weight excluding hydrogens is 244 g/mol. The molecule has 0 aliphatic rings. The lowest BCUT2D eigenvalue weighted by molar-refractivity contribution is 0.609. The molecule has 0 saturated heterocycles. The van der Waals surface area contributed by atoms with E-state index in [1.807, 2.05) is 0 Å². The van der Waals surface area contributed by atoms with Crippen LogP contribution >= 0.6 is 0 Å². The molecule has 2 heteroatoms. The summed E-state index contributed by atoms with van der Waals surface area (Å²) in [4.78, 5) is 0. The van der Waals surface area contributed by atoms with Crippen molar-refractivity contribution >= 4 is 0 Å². The third kappa shape index (κ3) is 3.31. The molecule has 0 fully saturated rings. The van der Waals surface area contributed by atoms with E-state index in [1.165, 1.54) is 27.9 Å². The van der Waals surface area contributed by atoms with E-state index in [0.717, 1.165) is 19.4 Å². The average Bonchev–Trinajstić information content (AvgIpc) is 2.80. The summed E-state index contributed by atoms with van der Waals surface area (Å²) >= 11 is 0. The van der Waals surface area contributed by atoms with Gasteiger partial charge in [0, 0.05) is 30.9 Å². The first-order valence-electron chi connectivity index (χ1n) is 7.47. The van der Waals surface area contributed by atoms with Gasteiger partial charge in [0.15, 0.2) is 0 Å². The van der Waals surface area contributed by atoms with Crippen molar-refractivity contribution in [1.82, 2.24) is 4.57 Å². The Morgan fingerprint density at radius 2 is 1.80 bits per heavy atom. The van der Waals surface area contributed by atoms with E-state index in [0.29, 0.717) is 0 Å². The third-order valence-electron chi connectivity index (χ3n) is 4.09. The minimum Gasteiger partial charge on any atom is -0.347 e. The Balaban J connectivity index is 2.25. The second-order valence-corrected chi connectivity index (χ2v) is 5.88. The summed E-state index contributed by atoms with van der Waals surface area (Å²) in [6, 6.07) is 9.10. The summed E-state index contributed by atoms with van der Waals surface area (Å²) in [7, 11) is 0. The van der Waals surface area contributed by atoms with Crippen molar-refractivity contribution < 1.29 is 0 Å². The van der Waals surface area contributed by atoms with Crippen LogP contribution in [0.15, 0.2) is 30.5 Å². The molecule has 2 rings (SSSR count). The van der Waals surface area contributed by atoms with Gasteiger partial charge in [-0.05, 0) is 56.0 Å². The predicted molar refractivity (Wildman–Crippen MR) is 86.2 cm³/mol. The van der Waals surface area contributed by atoms with Crippen LogP contribution in [0.1, 0.15) is 41.3 Å². The summed E-state index contributed by atoms with van der Waals surface area (Å²) in [5, 5.41) is 0. The quantitative estimate of drug-likeness (QED) is 0.881. The van der Waals surface area contributed by atoms with Crippen molar-refractivity contribution in [2.75, 3.05) is 0 Å². The summed E-state index contributed by atoms with van der Waals surface area (Å²) in [6.07, 6.45) is 4.14. The summed E-state index contributed by atoms with van der Waals surface area (Å²) in [6.45, 7) is 9.65. The second kappa shape index (κ2) is 6.27. The standard InChI is InChI=1S/C18H26N2/c1-5-16(19)11-17-7-6-8-20(17)12-18-14(3)9-13(2)10-15(18)4/h6-10,16H,5,11-12,19H2,1-4H3. The second-order valence-electron chi connectivity index (χ2n) is 5.88. The van der Waals surface area contributed by atoms with Crippen molar-refractivity contribution in [2.24, 2.45) is 5.73 Å². The van der Waals surface area contributed by atoms with Crippen LogP contribution in [0, 0.1) is 20.8 Å². The Morgan fingerprint density at radius 1 is 1.15 bits per heavy atom. The van der Waals surface area contributed by atoms with Gasteiger partial charge in [-0.25, -0.2) is 0 Å². The molecule has 0 spiro atoms. The first-order chi connectivity index (χ1) is 9.51. The van der Waals surface area contributed by atoms with Gasteiger partial charge in [0.25, 0.3) is 0 Å². The van der Waals surface area contributed by atoms with Gasteiger partial charge >= 0.3 is 0 Å². The maximum atomic E-state index is 6.09. The fourth-order valence-electron chi connectivity index (χ4n) is 2.83. The molecule has 1 aromatic carbocycles. The maximum absolute atomic E-state index is 6.09. The van der Waals surface area contributed by atoms with Crippen molar-refractivity contribution in [2.45, 2.75) is 53.1 Å². The molecule has 2 nitrogen and oxygen atoms in total. The SMILES string of the molecule is CCC(N)Cc1cccn1Cc1c(C)cc(C)cc1C. The van der Waals surface area contributed by atoms with Crippen LogP contribution in [-0.4, -0.2) is 10.6 Å². The van der Waals surface area contributed by atoms with Gasteiger partial charge in [-0.15, -0.1) is 0 Å². The van der Waals surface area contributed by atoms with Gasteiger partial charge in [-0.2, -0.15) is 0 Å². The number of benzene rings is 1. The molecule has 108 valence electrons. The van der Waals surface area contributed by atoms with Crippen LogP contribution in [0.4, 0.5) is 0 Å². The molecule has 0 aliphatic carbocycles. The fraction of sp³-hybridized carbons (Fsp3) is 0.444. The summed E-state index contributed by atoms with van der Waals surface area (Å²) < 4.78 is 2.33. The topological polar surface area (TPSA) is 30.9 Å². The van der Waals surface area contributed by atoms with E-state index in [-0.39, 0.29) is 6.04 Å². The highest BCUT2D eigenvalue weighted by Crippen LogP contribution is 2.19. The minimum atomic E-state index is 0.254. The zero-order valence-electron chi connectivity index (χ0n) is 13.1. The van der Waals surface area contributed by atoms with E-state index in [2.05, 4.69) is 62.7 Å². The average molecular weight is 270 g/mol. The van der Waals surface area contributed by atoms with Crippen molar-refractivity contribution in [3.8, 4) is 0 Å². The molecule has 0 bridgehead atoms. The molecule has 1 atom stereocenters. The lowest BCUT2D eigenvalue weighted by Crippen LogP contribution is -2.23. The molecule has 0 radical (unpaired) electrons. The number of nitrogens with zero attached hydrogens (tertiary/aromatic N) is 1. The fourth-order valence-corrected chi connectivity index (χ4v) is 2.83. The van der Waals surface area contributed by atoms with Gasteiger partial charge in [0.05, 0.1) is 0 Å². The molecular formula is C18H26N2. The summed E-state index contributed by atoms with van der Waals surface area (Å²) in [5.41, 5.74) is 12.9. The molecule has 20 heavy (non-hydrogen) atoms. The Labute approximate surface area is 122 Å². The van der Waals surface area contributed by atoms with Gasteiger partial charge in [0.2, 0.25) is 0 Å². The molecule has 2 aromatic rings. The first-order valence-corrected chi connectivity index (χ1v) is 7.47. The highest BCUT2D eigenvalue weighted by atomic mass is 15.0. The van der Waals surface area contributed by atoms with Crippen molar-refractivity contribution in [1.29, 1.82) is 0 Å². The van der Waals surface area contributed by atoms with Crippen LogP contribution in [0.3, 0.4) is 0 Å². The van der Waals surface area contributed by atoms with Gasteiger partial charge in [-0.3, -0.25) is 0 Å². The van der Waals surface area contributed by atoms with Gasteiger partial charge in [0.1, 0.15) is 0 Å². The molecule has 1 unspecified atom stereocenters. The number of aromatic nitrogens is 1. The van der Waals surface area contributed by atoms with Crippen LogP contribution in [0.5, 0.6) is 0 Å². The number of hydrogen-bond donors (Lipinski definition) is 1. The minimum absolute atomic E-state index is 0.254. The van der Waals surface area contributed by atoms with E-state index in [9.17, 15) is 0 Å². The van der Waals surface area contributed by atoms with Gasteiger partial charge < -0.3 is 10.3 Å². The molecule has 1 heterocycles. The number of aryl methyl sites for hydroxylation is 3. The van der Waals surface area contributed by atoms with Crippen LogP contribution in [0.2, 0.25) is 0 Å². The van der Waals surface area contributed by atoms with Crippen LogP contribution < -0.4 is 5.73 Å². The molecule has 0 amide bonds. The number of nitrogens with two attached hydrogens (primary N) is 1. The van der Waals surface area contributed by atoms with E-state index >= 15 is 0 Å². The van der Waals surface area contributed by atoms with Crippen molar-refractivity contribution in [3.63, 3.8) is 0 Å². The zero-order valence-corrected chi connectivity index (χ0v) is 13.1. The molecule has 2 N–H and O–H groups in total. The van der Waals surface area contributed by atoms with E-state index in [4.69, 9.17) is 5.73 Å². The zero-order chi connectivity index (χ0) is 14.7. The lowest BCUT2D eigenvalue weighted by atomic mass is 9.99. The number of rotatable bonds is 5. The van der Waals surface area contributed by atoms with E-state index in [1.54, 1.807) is 0 Å². The van der Waals surface area contributed by atoms with Crippen LogP contribution in [0.25, 0.3) is 0 Å². The highest BCUT2D eigenvalue weighted by molar-refractivity contribution is 5.38. The normalized spacial score (nSPS) is 12.7. The Morgan fingerprint density at radius 3 is 2.40 bits per heavy atom. The first kappa shape index (κ1) is 14.9. The Kier molecular flexibility index (Phi) is 4.66. The largest absolute Gasteiger partial charge is 0.347 e.